The number of hydrogen-bond acceptors (Lipinski definition) is 3. The van der Waals surface area contributed by atoms with Gasteiger partial charge in [-0.25, -0.2) is 8.78 Å². The second kappa shape index (κ2) is 6.86. The molecule has 0 saturated carbocycles. The molecule has 0 bridgehead atoms. The van der Waals surface area contributed by atoms with Crippen molar-refractivity contribution in [2.45, 2.75) is 18.9 Å². The van der Waals surface area contributed by atoms with Gasteiger partial charge in [0.2, 0.25) is 0 Å². The van der Waals surface area contributed by atoms with Crippen LogP contribution in [-0.4, -0.2) is 30.0 Å². The van der Waals surface area contributed by atoms with Crippen molar-refractivity contribution in [1.82, 2.24) is 4.90 Å². The molecular weight excluding hydrogens is 314 g/mol. The van der Waals surface area contributed by atoms with Crippen molar-refractivity contribution in [3.8, 4) is 5.75 Å². The van der Waals surface area contributed by atoms with Crippen LogP contribution in [0.2, 0.25) is 0 Å². The SMILES string of the molecule is Nc1cccc(C(=O)N2CCC(Oc3ccc(F)cc3F)CC2)c1. The molecule has 0 aliphatic carbocycles. The lowest BCUT2D eigenvalue weighted by Crippen LogP contribution is -2.41. The quantitative estimate of drug-likeness (QED) is 0.878. The van der Waals surface area contributed by atoms with Gasteiger partial charge in [0.1, 0.15) is 11.9 Å². The van der Waals surface area contributed by atoms with E-state index >= 15 is 0 Å². The highest BCUT2D eigenvalue weighted by Crippen LogP contribution is 2.23. The average molecular weight is 332 g/mol. The molecule has 2 aromatic rings. The number of likely N-dealkylation sites (tertiary alicyclic amines) is 1. The number of piperidine rings is 1. The van der Waals surface area contributed by atoms with E-state index < -0.39 is 11.6 Å². The van der Waals surface area contributed by atoms with E-state index in [1.165, 1.54) is 6.07 Å². The molecule has 0 atom stereocenters. The molecule has 0 unspecified atom stereocenters. The van der Waals surface area contributed by atoms with Crippen LogP contribution in [0.4, 0.5) is 14.5 Å². The number of nitrogens with zero attached hydrogens (tertiary/aromatic N) is 1. The minimum Gasteiger partial charge on any atom is -0.487 e. The molecule has 3 rings (SSSR count). The zero-order chi connectivity index (χ0) is 17.1. The topological polar surface area (TPSA) is 55.6 Å². The summed E-state index contributed by atoms with van der Waals surface area (Å²) in [5, 5.41) is 0. The first kappa shape index (κ1) is 16.2. The molecule has 1 aliphatic heterocycles. The van der Waals surface area contributed by atoms with E-state index in [0.717, 1.165) is 12.1 Å². The summed E-state index contributed by atoms with van der Waals surface area (Å²) in [5.74, 6) is -1.39. The van der Waals surface area contributed by atoms with Crippen LogP contribution in [0.15, 0.2) is 42.5 Å². The molecule has 2 N–H and O–H groups in total. The highest BCUT2D eigenvalue weighted by Gasteiger charge is 2.25. The lowest BCUT2D eigenvalue weighted by molar-refractivity contribution is 0.0588. The van der Waals surface area contributed by atoms with Crippen molar-refractivity contribution >= 4 is 11.6 Å². The monoisotopic (exact) mass is 332 g/mol. The Hall–Kier alpha value is -2.63. The first-order valence-electron chi connectivity index (χ1n) is 7.79. The van der Waals surface area contributed by atoms with Gasteiger partial charge in [0.25, 0.3) is 5.91 Å². The number of nitrogens with two attached hydrogens (primary N) is 1. The molecule has 4 nitrogen and oxygen atoms in total. The first-order valence-corrected chi connectivity index (χ1v) is 7.79. The maximum atomic E-state index is 13.6. The van der Waals surface area contributed by atoms with Gasteiger partial charge in [-0.05, 0) is 30.3 Å². The first-order chi connectivity index (χ1) is 11.5. The predicted octanol–water partition coefficient (Wildman–Crippen LogP) is 3.23. The van der Waals surface area contributed by atoms with Crippen LogP contribution < -0.4 is 10.5 Å². The van der Waals surface area contributed by atoms with Gasteiger partial charge < -0.3 is 15.4 Å². The van der Waals surface area contributed by atoms with Gasteiger partial charge in [0.05, 0.1) is 0 Å². The summed E-state index contributed by atoms with van der Waals surface area (Å²) < 4.78 is 32.1. The fraction of sp³-hybridized carbons (Fsp3) is 0.278. The zero-order valence-corrected chi connectivity index (χ0v) is 13.0. The van der Waals surface area contributed by atoms with Gasteiger partial charge in [-0.15, -0.1) is 0 Å². The van der Waals surface area contributed by atoms with E-state index in [0.29, 0.717) is 37.2 Å². The Morgan fingerprint density at radius 1 is 1.12 bits per heavy atom. The highest BCUT2D eigenvalue weighted by molar-refractivity contribution is 5.95. The van der Waals surface area contributed by atoms with Crippen molar-refractivity contribution in [3.05, 3.63) is 59.7 Å². The summed E-state index contributed by atoms with van der Waals surface area (Å²) in [6, 6.07) is 10.1. The number of benzene rings is 2. The van der Waals surface area contributed by atoms with E-state index in [1.54, 1.807) is 29.2 Å². The highest BCUT2D eigenvalue weighted by atomic mass is 19.1. The van der Waals surface area contributed by atoms with Crippen LogP contribution in [0.25, 0.3) is 0 Å². The third-order valence-electron chi connectivity index (χ3n) is 4.05. The van der Waals surface area contributed by atoms with Crippen LogP contribution in [0, 0.1) is 11.6 Å². The fourth-order valence-corrected chi connectivity index (χ4v) is 2.78. The number of nitrogen functional groups attached to an aromatic ring is 1. The van der Waals surface area contributed by atoms with Gasteiger partial charge in [0, 0.05) is 43.2 Å². The Morgan fingerprint density at radius 2 is 1.88 bits per heavy atom. The number of halogens is 2. The number of rotatable bonds is 3. The summed E-state index contributed by atoms with van der Waals surface area (Å²) in [4.78, 5) is 14.2. The van der Waals surface area contributed by atoms with Crippen LogP contribution >= 0.6 is 0 Å². The minimum absolute atomic E-state index is 0.0389. The van der Waals surface area contributed by atoms with Gasteiger partial charge in [0.15, 0.2) is 11.6 Å². The number of anilines is 1. The third-order valence-corrected chi connectivity index (χ3v) is 4.05. The summed E-state index contributed by atoms with van der Waals surface area (Å²) in [6.45, 7) is 1.03. The van der Waals surface area contributed by atoms with E-state index in [-0.39, 0.29) is 17.8 Å². The Balaban J connectivity index is 1.58. The summed E-state index contributed by atoms with van der Waals surface area (Å²) in [6.07, 6.45) is 0.977. The molecule has 0 aromatic heterocycles. The van der Waals surface area contributed by atoms with E-state index in [4.69, 9.17) is 10.5 Å². The van der Waals surface area contributed by atoms with Gasteiger partial charge in [-0.2, -0.15) is 0 Å². The molecule has 1 fully saturated rings. The fourth-order valence-electron chi connectivity index (χ4n) is 2.78. The van der Waals surface area contributed by atoms with Gasteiger partial charge >= 0.3 is 0 Å². The predicted molar refractivity (Wildman–Crippen MR) is 86.8 cm³/mol. The Kier molecular flexibility index (Phi) is 4.64. The molecular formula is C18H18F2N2O2. The maximum absolute atomic E-state index is 13.6. The largest absolute Gasteiger partial charge is 0.487 e. The van der Waals surface area contributed by atoms with Crippen LogP contribution in [0.3, 0.4) is 0 Å². The number of ether oxygens (including phenoxy) is 1. The lowest BCUT2D eigenvalue weighted by Gasteiger charge is -2.32. The smallest absolute Gasteiger partial charge is 0.253 e. The van der Waals surface area contributed by atoms with Crippen molar-refractivity contribution in [2.75, 3.05) is 18.8 Å². The van der Waals surface area contributed by atoms with Crippen molar-refractivity contribution in [3.63, 3.8) is 0 Å². The van der Waals surface area contributed by atoms with E-state index in [1.807, 2.05) is 0 Å². The number of amides is 1. The minimum atomic E-state index is -0.715. The molecule has 126 valence electrons. The molecule has 6 heteroatoms. The van der Waals surface area contributed by atoms with Crippen LogP contribution in [0.1, 0.15) is 23.2 Å². The van der Waals surface area contributed by atoms with Gasteiger partial charge in [-0.1, -0.05) is 6.07 Å². The Bertz CT molecular complexity index is 744. The second-order valence-corrected chi connectivity index (χ2v) is 5.81. The van der Waals surface area contributed by atoms with Crippen molar-refractivity contribution < 1.29 is 18.3 Å². The van der Waals surface area contributed by atoms with E-state index in [2.05, 4.69) is 0 Å². The van der Waals surface area contributed by atoms with Crippen molar-refractivity contribution in [1.29, 1.82) is 0 Å². The standard InChI is InChI=1S/C18H18F2N2O2/c19-13-4-5-17(16(20)11-13)24-15-6-8-22(9-7-15)18(23)12-2-1-3-14(21)10-12/h1-5,10-11,15H,6-9,21H2. The molecule has 24 heavy (non-hydrogen) atoms. The number of carbonyl (C=O) groups excluding carboxylic acids is 1. The number of hydrogen-bond donors (Lipinski definition) is 1. The molecule has 1 heterocycles. The Morgan fingerprint density at radius 3 is 2.54 bits per heavy atom. The average Bonchev–Trinajstić information content (AvgIpc) is 2.57. The molecule has 0 radical (unpaired) electrons. The summed E-state index contributed by atoms with van der Waals surface area (Å²) >= 11 is 0. The second-order valence-electron chi connectivity index (χ2n) is 5.81. The van der Waals surface area contributed by atoms with Crippen molar-refractivity contribution in [2.24, 2.45) is 0 Å². The maximum Gasteiger partial charge on any atom is 0.253 e. The molecule has 1 amide bonds. The summed E-state index contributed by atoms with van der Waals surface area (Å²) in [7, 11) is 0. The third kappa shape index (κ3) is 3.64. The lowest BCUT2D eigenvalue weighted by atomic mass is 10.1. The molecule has 2 aromatic carbocycles. The molecule has 1 aliphatic rings. The zero-order valence-electron chi connectivity index (χ0n) is 13.0. The van der Waals surface area contributed by atoms with Crippen LogP contribution in [-0.2, 0) is 0 Å². The molecule has 0 spiro atoms. The summed E-state index contributed by atoms with van der Waals surface area (Å²) in [5.41, 5.74) is 6.81. The Labute approximate surface area is 138 Å². The van der Waals surface area contributed by atoms with Gasteiger partial charge in [-0.3, -0.25) is 4.79 Å². The van der Waals surface area contributed by atoms with Crippen LogP contribution in [0.5, 0.6) is 5.75 Å². The molecule has 1 saturated heterocycles. The van der Waals surface area contributed by atoms with E-state index in [9.17, 15) is 13.6 Å². The normalized spacial score (nSPS) is 15.3. The number of carbonyl (C=O) groups is 1.